The molecule has 2 aliphatic rings. The van der Waals surface area contributed by atoms with Crippen molar-refractivity contribution < 1.29 is 0 Å². The molecule has 1 atom stereocenters. The van der Waals surface area contributed by atoms with Crippen molar-refractivity contribution >= 4 is 26.3 Å². The number of hydrogen-bond acceptors (Lipinski definition) is 2. The van der Waals surface area contributed by atoms with Crippen molar-refractivity contribution in [3.63, 3.8) is 0 Å². The Balaban J connectivity index is 2.36. The van der Waals surface area contributed by atoms with Crippen molar-refractivity contribution in [1.29, 1.82) is 0 Å². The van der Waals surface area contributed by atoms with Crippen LogP contribution in [0.5, 0.6) is 0 Å². The third kappa shape index (κ3) is 2.15. The Kier molecular flexibility index (Phi) is 3.18. The van der Waals surface area contributed by atoms with Gasteiger partial charge in [0.1, 0.15) is 3.72 Å². The summed E-state index contributed by atoms with van der Waals surface area (Å²) in [6.07, 6.45) is 15.3. The number of halogens is 1. The summed E-state index contributed by atoms with van der Waals surface area (Å²) in [4.78, 5) is 4.35. The van der Waals surface area contributed by atoms with Crippen LogP contribution < -0.4 is 5.32 Å². The van der Waals surface area contributed by atoms with Crippen LogP contribution in [-0.4, -0.2) is 3.72 Å². The number of fused-ring (bicyclic) bond motifs is 1. The monoisotopic (exact) mass is 298 g/mol. The maximum Gasteiger partial charge on any atom is 0.105 e. The maximum atomic E-state index is 4.35. The maximum absolute atomic E-state index is 4.35. The van der Waals surface area contributed by atoms with Gasteiger partial charge in [0.2, 0.25) is 0 Å². The van der Waals surface area contributed by atoms with Crippen molar-refractivity contribution in [2.75, 3.05) is 0 Å². The van der Waals surface area contributed by atoms with Gasteiger partial charge in [0, 0.05) is 18.3 Å². The minimum absolute atomic E-state index is 0.461. The van der Waals surface area contributed by atoms with E-state index in [1.165, 1.54) is 5.57 Å². The van der Waals surface area contributed by atoms with E-state index in [2.05, 4.69) is 57.2 Å². The fourth-order valence-corrected chi connectivity index (χ4v) is 2.24. The summed E-state index contributed by atoms with van der Waals surface area (Å²) in [5.41, 5.74) is 1.30. The average Bonchev–Trinajstić information content (AvgIpc) is 2.30. The molecule has 0 fully saturated rings. The van der Waals surface area contributed by atoms with Gasteiger partial charge >= 0.3 is 0 Å². The predicted molar refractivity (Wildman–Crippen MR) is 68.2 cm³/mol. The number of nitrogens with zero attached hydrogens (tertiary/aromatic N) is 1. The topological polar surface area (TPSA) is 24.4 Å². The lowest BCUT2D eigenvalue weighted by atomic mass is 9.92. The summed E-state index contributed by atoms with van der Waals surface area (Å²) >= 11 is 2.29. The quantitative estimate of drug-likeness (QED) is 0.683. The van der Waals surface area contributed by atoms with Gasteiger partial charge in [0.05, 0.1) is 0 Å². The van der Waals surface area contributed by atoms with E-state index in [1.54, 1.807) is 6.20 Å². The molecule has 1 unspecified atom stereocenters. The van der Waals surface area contributed by atoms with E-state index in [0.717, 1.165) is 10.1 Å². The van der Waals surface area contributed by atoms with E-state index in [4.69, 9.17) is 0 Å². The standard InChI is InChI=1S/C11H11IN2/c12-11-10-4-2-1-3-9(10)5-6-13-7-8-14-11/h1-2,4-9,13H,3H2/b6-5-,8-7-,14-11-. The molecule has 0 saturated heterocycles. The fraction of sp³-hybridized carbons (Fsp3) is 0.182. The fourth-order valence-electron chi connectivity index (χ4n) is 1.50. The van der Waals surface area contributed by atoms with Crippen molar-refractivity contribution in [2.24, 2.45) is 10.9 Å². The van der Waals surface area contributed by atoms with Gasteiger partial charge in [0.15, 0.2) is 0 Å². The van der Waals surface area contributed by atoms with Gasteiger partial charge in [-0.25, -0.2) is 4.99 Å². The molecule has 2 rings (SSSR count). The number of nitrogens with one attached hydrogen (secondary N) is 1. The molecule has 72 valence electrons. The lowest BCUT2D eigenvalue weighted by Gasteiger charge is -2.16. The van der Waals surface area contributed by atoms with E-state index in [0.29, 0.717) is 5.92 Å². The van der Waals surface area contributed by atoms with Crippen molar-refractivity contribution in [1.82, 2.24) is 5.32 Å². The third-order valence-corrected chi connectivity index (χ3v) is 3.12. The summed E-state index contributed by atoms with van der Waals surface area (Å²) in [6.45, 7) is 0. The second-order valence-corrected chi connectivity index (χ2v) is 4.18. The Morgan fingerprint density at radius 3 is 3.29 bits per heavy atom. The highest BCUT2D eigenvalue weighted by atomic mass is 127. The third-order valence-electron chi connectivity index (χ3n) is 2.22. The molecule has 1 N–H and O–H groups in total. The molecule has 0 aromatic rings. The van der Waals surface area contributed by atoms with E-state index in [9.17, 15) is 0 Å². The molecule has 0 radical (unpaired) electrons. The van der Waals surface area contributed by atoms with Crippen molar-refractivity contribution in [2.45, 2.75) is 6.42 Å². The molecule has 2 nitrogen and oxygen atoms in total. The number of rotatable bonds is 0. The molecule has 0 aromatic carbocycles. The molecule has 14 heavy (non-hydrogen) atoms. The summed E-state index contributed by atoms with van der Waals surface area (Å²) < 4.78 is 1.07. The smallest absolute Gasteiger partial charge is 0.105 e. The van der Waals surface area contributed by atoms with Gasteiger partial charge in [0.25, 0.3) is 0 Å². The number of hydrogen-bond donors (Lipinski definition) is 1. The molecular formula is C11H11IN2. The first kappa shape index (κ1) is 9.71. The highest BCUT2D eigenvalue weighted by molar-refractivity contribution is 14.1. The SMILES string of the molecule is I/C1=N\C=C/N/C=C\C2CC=CC=C12. The Morgan fingerprint density at radius 2 is 2.36 bits per heavy atom. The van der Waals surface area contributed by atoms with Gasteiger partial charge < -0.3 is 5.32 Å². The lowest BCUT2D eigenvalue weighted by molar-refractivity contribution is 0.793. The molecule has 3 heteroatoms. The van der Waals surface area contributed by atoms with Crippen molar-refractivity contribution in [3.8, 4) is 0 Å². The van der Waals surface area contributed by atoms with E-state index >= 15 is 0 Å². The molecule has 1 heterocycles. The molecule has 0 bridgehead atoms. The normalized spacial score (nSPS) is 33.4. The number of allylic oxidation sites excluding steroid dienone is 5. The lowest BCUT2D eigenvalue weighted by Crippen LogP contribution is -2.08. The molecule has 1 aliphatic carbocycles. The number of aliphatic imine (C=N–C) groups is 1. The van der Waals surface area contributed by atoms with Gasteiger partial charge in [-0.05, 0) is 40.8 Å². The van der Waals surface area contributed by atoms with Gasteiger partial charge in [-0.15, -0.1) is 0 Å². The first-order valence-corrected chi connectivity index (χ1v) is 5.64. The molecule has 0 spiro atoms. The largest absolute Gasteiger partial charge is 0.367 e. The highest BCUT2D eigenvalue weighted by Gasteiger charge is 2.15. The molecule has 0 saturated carbocycles. The summed E-state index contributed by atoms with van der Waals surface area (Å²) in [7, 11) is 0. The van der Waals surface area contributed by atoms with E-state index in [-0.39, 0.29) is 0 Å². The first-order valence-electron chi connectivity index (χ1n) is 4.56. The van der Waals surface area contributed by atoms with Crippen LogP contribution in [0, 0.1) is 5.92 Å². The highest BCUT2D eigenvalue weighted by Crippen LogP contribution is 2.25. The van der Waals surface area contributed by atoms with E-state index < -0.39 is 0 Å². The first-order chi connectivity index (χ1) is 6.88. The Hall–Kier alpha value is -0.840. The molecule has 0 amide bonds. The van der Waals surface area contributed by atoms with Crippen molar-refractivity contribution in [3.05, 3.63) is 48.5 Å². The summed E-state index contributed by atoms with van der Waals surface area (Å²) in [5.74, 6) is 0.461. The zero-order valence-electron chi connectivity index (χ0n) is 7.65. The van der Waals surface area contributed by atoms with Crippen LogP contribution in [0.15, 0.2) is 53.5 Å². The van der Waals surface area contributed by atoms with Gasteiger partial charge in [-0.3, -0.25) is 0 Å². The van der Waals surface area contributed by atoms with Gasteiger partial charge in [-0.1, -0.05) is 24.3 Å². The summed E-state index contributed by atoms with van der Waals surface area (Å²) in [5, 5.41) is 3.06. The van der Waals surface area contributed by atoms with Crippen LogP contribution >= 0.6 is 22.6 Å². The van der Waals surface area contributed by atoms with Gasteiger partial charge in [-0.2, -0.15) is 0 Å². The predicted octanol–water partition coefficient (Wildman–Crippen LogP) is 2.91. The minimum atomic E-state index is 0.461. The zero-order chi connectivity index (χ0) is 9.80. The van der Waals surface area contributed by atoms with Crippen LogP contribution in [0.3, 0.4) is 0 Å². The van der Waals surface area contributed by atoms with Crippen LogP contribution in [0.4, 0.5) is 0 Å². The Labute approximate surface area is 97.3 Å². The van der Waals surface area contributed by atoms with Crippen LogP contribution in [0.2, 0.25) is 0 Å². The Bertz CT molecular complexity index is 361. The summed E-state index contributed by atoms with van der Waals surface area (Å²) in [6, 6.07) is 0. The van der Waals surface area contributed by atoms with Crippen LogP contribution in [-0.2, 0) is 0 Å². The molecular weight excluding hydrogens is 287 g/mol. The second kappa shape index (κ2) is 4.59. The van der Waals surface area contributed by atoms with E-state index in [1.807, 2.05) is 12.4 Å². The molecule has 1 aliphatic heterocycles. The Morgan fingerprint density at radius 1 is 1.43 bits per heavy atom. The van der Waals surface area contributed by atoms with Crippen LogP contribution in [0.25, 0.3) is 0 Å². The minimum Gasteiger partial charge on any atom is -0.367 e. The van der Waals surface area contributed by atoms with Crippen LogP contribution in [0.1, 0.15) is 6.42 Å². The second-order valence-electron chi connectivity index (χ2n) is 3.15. The molecule has 0 aromatic heterocycles. The average molecular weight is 298 g/mol. The zero-order valence-corrected chi connectivity index (χ0v) is 9.81.